The molecule has 2 aromatic rings. The lowest BCUT2D eigenvalue weighted by Crippen LogP contribution is -2.26. The summed E-state index contributed by atoms with van der Waals surface area (Å²) in [5.74, 6) is 1.18. The van der Waals surface area contributed by atoms with Crippen molar-refractivity contribution in [3.8, 4) is 11.5 Å². The Morgan fingerprint density at radius 1 is 1.08 bits per heavy atom. The van der Waals surface area contributed by atoms with Gasteiger partial charge in [-0.2, -0.15) is 0 Å². The number of ether oxygens (including phenoxy) is 2. The zero-order chi connectivity index (χ0) is 17.4. The second-order valence-electron chi connectivity index (χ2n) is 5.64. The quantitative estimate of drug-likeness (QED) is 0.780. The van der Waals surface area contributed by atoms with Crippen molar-refractivity contribution in [2.45, 2.75) is 13.3 Å². The Morgan fingerprint density at radius 2 is 1.67 bits per heavy atom. The lowest BCUT2D eigenvalue weighted by atomic mass is 10.1. The van der Waals surface area contributed by atoms with Gasteiger partial charge in [0.15, 0.2) is 0 Å². The highest BCUT2D eigenvalue weighted by atomic mass is 16.5. The highest BCUT2D eigenvalue weighted by Crippen LogP contribution is 2.23. The van der Waals surface area contributed by atoms with Crippen molar-refractivity contribution in [2.24, 2.45) is 11.7 Å². The van der Waals surface area contributed by atoms with E-state index in [0.717, 1.165) is 17.9 Å². The number of anilines is 1. The second kappa shape index (κ2) is 9.05. The molecular formula is C19H24N2O3. The molecule has 2 rings (SSSR count). The van der Waals surface area contributed by atoms with Crippen LogP contribution in [0.2, 0.25) is 0 Å². The van der Waals surface area contributed by atoms with Crippen molar-refractivity contribution in [1.29, 1.82) is 0 Å². The van der Waals surface area contributed by atoms with Crippen LogP contribution >= 0.6 is 0 Å². The van der Waals surface area contributed by atoms with Gasteiger partial charge in [0.25, 0.3) is 0 Å². The van der Waals surface area contributed by atoms with E-state index < -0.39 is 0 Å². The van der Waals surface area contributed by atoms with Crippen molar-refractivity contribution in [2.75, 3.05) is 25.6 Å². The first-order chi connectivity index (χ1) is 11.6. The Kier molecular flexibility index (Phi) is 6.78. The van der Waals surface area contributed by atoms with E-state index in [0.29, 0.717) is 18.9 Å². The molecule has 0 spiro atoms. The van der Waals surface area contributed by atoms with Crippen LogP contribution in [0.4, 0.5) is 5.69 Å². The maximum atomic E-state index is 11.8. The summed E-state index contributed by atoms with van der Waals surface area (Å²) in [5, 5.41) is 2.82. The average molecular weight is 328 g/mol. The Labute approximate surface area is 142 Å². The minimum absolute atomic E-state index is 0.0854. The molecule has 24 heavy (non-hydrogen) atoms. The summed E-state index contributed by atoms with van der Waals surface area (Å²) >= 11 is 0. The first-order valence-electron chi connectivity index (χ1n) is 7.99. The third-order valence-corrected chi connectivity index (χ3v) is 3.68. The zero-order valence-corrected chi connectivity index (χ0v) is 14.1. The highest BCUT2D eigenvalue weighted by molar-refractivity contribution is 5.92. The van der Waals surface area contributed by atoms with Crippen molar-refractivity contribution in [3.05, 3.63) is 54.1 Å². The molecular weight excluding hydrogens is 304 g/mol. The first kappa shape index (κ1) is 18.0. The van der Waals surface area contributed by atoms with E-state index in [9.17, 15) is 4.79 Å². The van der Waals surface area contributed by atoms with Gasteiger partial charge in [-0.1, -0.05) is 19.1 Å². The van der Waals surface area contributed by atoms with Crippen LogP contribution < -0.4 is 15.8 Å². The van der Waals surface area contributed by atoms with Gasteiger partial charge in [-0.25, -0.2) is 0 Å². The van der Waals surface area contributed by atoms with E-state index in [1.165, 1.54) is 5.56 Å². The molecule has 0 saturated carbocycles. The molecule has 2 aromatic carbocycles. The summed E-state index contributed by atoms with van der Waals surface area (Å²) < 4.78 is 10.9. The maximum absolute atomic E-state index is 11.8. The van der Waals surface area contributed by atoms with Crippen LogP contribution in [0.15, 0.2) is 48.5 Å². The van der Waals surface area contributed by atoms with E-state index in [1.807, 2.05) is 48.5 Å². The molecule has 0 fully saturated rings. The van der Waals surface area contributed by atoms with E-state index in [2.05, 4.69) is 5.32 Å². The number of nitrogens with one attached hydrogen (secondary N) is 1. The monoisotopic (exact) mass is 328 g/mol. The normalized spacial score (nSPS) is 11.8. The summed E-state index contributed by atoms with van der Waals surface area (Å²) in [6, 6.07) is 15.2. The molecule has 0 radical (unpaired) electrons. The minimum atomic E-state index is -0.211. The fourth-order valence-electron chi connectivity index (χ4n) is 2.06. The minimum Gasteiger partial charge on any atom is -0.457 e. The van der Waals surface area contributed by atoms with Crippen molar-refractivity contribution in [3.63, 3.8) is 0 Å². The zero-order valence-electron chi connectivity index (χ0n) is 14.1. The van der Waals surface area contributed by atoms with E-state index >= 15 is 0 Å². The van der Waals surface area contributed by atoms with Gasteiger partial charge in [-0.3, -0.25) is 4.79 Å². The van der Waals surface area contributed by atoms with Crippen LogP contribution in [-0.2, 0) is 16.0 Å². The molecule has 0 aliphatic carbocycles. The maximum Gasteiger partial charge on any atom is 0.228 e. The standard InChI is InChI=1S/C19H24N2O3/c1-14(13-20)19(22)21-16-5-9-18(10-6-16)24-17-7-3-15(4-8-17)11-12-23-2/h3-10,14H,11-13,20H2,1-2H3,(H,21,22). The third kappa shape index (κ3) is 5.37. The van der Waals surface area contributed by atoms with Gasteiger partial charge in [0.1, 0.15) is 11.5 Å². The van der Waals surface area contributed by atoms with Crippen molar-refractivity contribution >= 4 is 11.6 Å². The molecule has 3 N–H and O–H groups in total. The average Bonchev–Trinajstić information content (AvgIpc) is 2.62. The molecule has 0 heterocycles. The summed E-state index contributed by atoms with van der Waals surface area (Å²) in [6.45, 7) is 2.83. The largest absolute Gasteiger partial charge is 0.457 e. The molecule has 1 unspecified atom stereocenters. The summed E-state index contributed by atoms with van der Waals surface area (Å²) in [5.41, 5.74) is 7.42. The Morgan fingerprint density at radius 3 is 2.21 bits per heavy atom. The number of nitrogens with two attached hydrogens (primary N) is 1. The number of methoxy groups -OCH3 is 1. The Bertz CT molecular complexity index is 639. The second-order valence-corrected chi connectivity index (χ2v) is 5.64. The van der Waals surface area contributed by atoms with E-state index in [-0.39, 0.29) is 11.8 Å². The highest BCUT2D eigenvalue weighted by Gasteiger charge is 2.10. The van der Waals surface area contributed by atoms with Gasteiger partial charge < -0.3 is 20.5 Å². The molecule has 5 nitrogen and oxygen atoms in total. The van der Waals surface area contributed by atoms with Gasteiger partial charge >= 0.3 is 0 Å². The lowest BCUT2D eigenvalue weighted by Gasteiger charge is -2.11. The number of hydrogen-bond donors (Lipinski definition) is 2. The van der Waals surface area contributed by atoms with E-state index in [1.54, 1.807) is 14.0 Å². The molecule has 0 aliphatic heterocycles. The number of benzene rings is 2. The Hall–Kier alpha value is -2.37. The van der Waals surface area contributed by atoms with Crippen molar-refractivity contribution in [1.82, 2.24) is 0 Å². The van der Waals surface area contributed by atoms with Crippen LogP contribution in [-0.4, -0.2) is 26.2 Å². The molecule has 0 aromatic heterocycles. The molecule has 1 atom stereocenters. The molecule has 0 bridgehead atoms. The molecule has 0 saturated heterocycles. The number of rotatable bonds is 8. The van der Waals surface area contributed by atoms with Crippen LogP contribution in [0.3, 0.4) is 0 Å². The van der Waals surface area contributed by atoms with Gasteiger partial charge in [-0.15, -0.1) is 0 Å². The Balaban J connectivity index is 1.92. The summed E-state index contributed by atoms with van der Waals surface area (Å²) in [6.07, 6.45) is 0.881. The fourth-order valence-corrected chi connectivity index (χ4v) is 2.06. The van der Waals surface area contributed by atoms with Crippen LogP contribution in [0, 0.1) is 5.92 Å². The predicted molar refractivity (Wildman–Crippen MR) is 95.4 cm³/mol. The van der Waals surface area contributed by atoms with Gasteiger partial charge in [0.2, 0.25) is 5.91 Å². The lowest BCUT2D eigenvalue weighted by molar-refractivity contribution is -0.119. The van der Waals surface area contributed by atoms with Crippen LogP contribution in [0.5, 0.6) is 11.5 Å². The summed E-state index contributed by atoms with van der Waals surface area (Å²) in [7, 11) is 1.69. The summed E-state index contributed by atoms with van der Waals surface area (Å²) in [4.78, 5) is 11.8. The van der Waals surface area contributed by atoms with Crippen molar-refractivity contribution < 1.29 is 14.3 Å². The number of carbonyl (C=O) groups is 1. The molecule has 5 heteroatoms. The fraction of sp³-hybridized carbons (Fsp3) is 0.316. The van der Waals surface area contributed by atoms with E-state index in [4.69, 9.17) is 15.2 Å². The smallest absolute Gasteiger partial charge is 0.228 e. The van der Waals surface area contributed by atoms with Gasteiger partial charge in [0.05, 0.1) is 6.61 Å². The predicted octanol–water partition coefficient (Wildman–Crippen LogP) is 3.20. The number of amides is 1. The molecule has 1 amide bonds. The number of hydrogen-bond acceptors (Lipinski definition) is 4. The first-order valence-corrected chi connectivity index (χ1v) is 7.99. The van der Waals surface area contributed by atoms with Gasteiger partial charge in [-0.05, 0) is 48.4 Å². The SMILES string of the molecule is COCCc1ccc(Oc2ccc(NC(=O)C(C)CN)cc2)cc1. The third-order valence-electron chi connectivity index (χ3n) is 3.68. The number of carbonyl (C=O) groups excluding carboxylic acids is 1. The molecule has 128 valence electrons. The van der Waals surface area contributed by atoms with Gasteiger partial charge in [0, 0.05) is 25.3 Å². The van der Waals surface area contributed by atoms with Crippen LogP contribution in [0.25, 0.3) is 0 Å². The molecule has 0 aliphatic rings. The van der Waals surface area contributed by atoms with Crippen LogP contribution in [0.1, 0.15) is 12.5 Å². The topological polar surface area (TPSA) is 73.6 Å².